The van der Waals surface area contributed by atoms with Gasteiger partial charge in [0.2, 0.25) is 0 Å². The van der Waals surface area contributed by atoms with Gasteiger partial charge in [-0.1, -0.05) is 19.4 Å². The number of benzene rings is 1. The Morgan fingerprint density at radius 3 is 2.68 bits per heavy atom. The maximum absolute atomic E-state index is 3.59. The van der Waals surface area contributed by atoms with Crippen LogP contribution in [0.25, 0.3) is 0 Å². The summed E-state index contributed by atoms with van der Waals surface area (Å²) in [6, 6.07) is 8.28. The third-order valence-electron chi connectivity index (χ3n) is 4.26. The van der Waals surface area contributed by atoms with Gasteiger partial charge < -0.3 is 10.2 Å². The van der Waals surface area contributed by atoms with Crippen molar-refractivity contribution in [2.75, 3.05) is 11.9 Å². The molecule has 0 amide bonds. The molecule has 1 atom stereocenters. The number of hydrogen-bond acceptors (Lipinski definition) is 2. The van der Waals surface area contributed by atoms with Crippen molar-refractivity contribution in [1.29, 1.82) is 0 Å². The quantitative estimate of drug-likeness (QED) is 0.800. The first-order valence-electron chi connectivity index (χ1n) is 7.67. The highest BCUT2D eigenvalue weighted by Gasteiger charge is 2.20. The van der Waals surface area contributed by atoms with Crippen molar-refractivity contribution in [3.8, 4) is 0 Å². The zero-order valence-corrected chi connectivity index (χ0v) is 12.9. The molecule has 2 rings (SSSR count). The number of nitrogens with one attached hydrogen (secondary N) is 1. The fourth-order valence-electron chi connectivity index (χ4n) is 2.51. The fourth-order valence-corrected chi connectivity index (χ4v) is 2.51. The van der Waals surface area contributed by atoms with Gasteiger partial charge >= 0.3 is 0 Å². The second kappa shape index (κ2) is 6.42. The molecule has 0 heterocycles. The first-order valence-corrected chi connectivity index (χ1v) is 7.67. The molecule has 1 N–H and O–H groups in total. The van der Waals surface area contributed by atoms with Crippen LogP contribution in [0.15, 0.2) is 18.2 Å². The Hall–Kier alpha value is -1.02. The minimum absolute atomic E-state index is 0.611. The van der Waals surface area contributed by atoms with E-state index < -0.39 is 0 Å². The summed E-state index contributed by atoms with van der Waals surface area (Å²) in [6.07, 6.45) is 5.21. The van der Waals surface area contributed by atoms with E-state index in [1.807, 2.05) is 0 Å². The lowest BCUT2D eigenvalue weighted by molar-refractivity contribution is 0.616. The Morgan fingerprint density at radius 2 is 2.11 bits per heavy atom. The molecule has 106 valence electrons. The Morgan fingerprint density at radius 1 is 1.37 bits per heavy atom. The van der Waals surface area contributed by atoms with E-state index in [9.17, 15) is 0 Å². The van der Waals surface area contributed by atoms with Crippen LogP contribution < -0.4 is 10.2 Å². The van der Waals surface area contributed by atoms with E-state index >= 15 is 0 Å². The number of nitrogens with zero attached hydrogens (tertiary/aromatic N) is 1. The summed E-state index contributed by atoms with van der Waals surface area (Å²) in [4.78, 5) is 2.40. The largest absolute Gasteiger partial charge is 0.372 e. The molecule has 1 aliphatic carbocycles. The van der Waals surface area contributed by atoms with Crippen molar-refractivity contribution in [1.82, 2.24) is 5.32 Å². The Kier molecular flexibility index (Phi) is 4.87. The average Bonchev–Trinajstić information content (AvgIpc) is 3.20. The summed E-state index contributed by atoms with van der Waals surface area (Å²) >= 11 is 0. The van der Waals surface area contributed by atoms with Crippen LogP contribution in [0.4, 0.5) is 5.69 Å². The van der Waals surface area contributed by atoms with Crippen molar-refractivity contribution in [2.24, 2.45) is 0 Å². The molecule has 0 spiro atoms. The first kappa shape index (κ1) is 14.4. The van der Waals surface area contributed by atoms with Crippen molar-refractivity contribution >= 4 is 5.69 Å². The van der Waals surface area contributed by atoms with Crippen molar-refractivity contribution in [2.45, 2.75) is 65.1 Å². The summed E-state index contributed by atoms with van der Waals surface area (Å²) in [5.41, 5.74) is 4.18. The molecule has 19 heavy (non-hydrogen) atoms. The predicted molar refractivity (Wildman–Crippen MR) is 83.8 cm³/mol. The summed E-state index contributed by atoms with van der Waals surface area (Å²) in [5.74, 6) is 0. The van der Waals surface area contributed by atoms with E-state index in [4.69, 9.17) is 0 Å². The van der Waals surface area contributed by atoms with Crippen LogP contribution in [0.2, 0.25) is 0 Å². The van der Waals surface area contributed by atoms with Crippen LogP contribution in [-0.4, -0.2) is 19.1 Å². The summed E-state index contributed by atoms with van der Waals surface area (Å²) in [6.45, 7) is 7.81. The average molecular weight is 260 g/mol. The maximum atomic E-state index is 3.59. The highest BCUT2D eigenvalue weighted by atomic mass is 15.1. The lowest BCUT2D eigenvalue weighted by atomic mass is 10.1. The molecule has 0 aliphatic heterocycles. The van der Waals surface area contributed by atoms with Crippen LogP contribution in [-0.2, 0) is 6.54 Å². The third-order valence-corrected chi connectivity index (χ3v) is 4.26. The zero-order chi connectivity index (χ0) is 13.8. The van der Waals surface area contributed by atoms with Crippen LogP contribution >= 0.6 is 0 Å². The summed E-state index contributed by atoms with van der Waals surface area (Å²) in [5, 5.41) is 3.59. The van der Waals surface area contributed by atoms with Crippen LogP contribution in [0.1, 0.15) is 50.7 Å². The Labute approximate surface area is 118 Å². The normalized spacial score (nSPS) is 16.4. The van der Waals surface area contributed by atoms with Crippen molar-refractivity contribution < 1.29 is 0 Å². The van der Waals surface area contributed by atoms with Gasteiger partial charge in [-0.25, -0.2) is 0 Å². The molecule has 1 aromatic rings. The molecule has 0 bridgehead atoms. The molecule has 1 aliphatic rings. The van der Waals surface area contributed by atoms with Crippen molar-refractivity contribution in [3.05, 3.63) is 29.3 Å². The molecule has 1 unspecified atom stereocenters. The van der Waals surface area contributed by atoms with Crippen LogP contribution in [0.3, 0.4) is 0 Å². The van der Waals surface area contributed by atoms with E-state index in [2.05, 4.69) is 56.2 Å². The predicted octanol–water partition coefficient (Wildman–Crippen LogP) is 3.87. The lowest BCUT2D eigenvalue weighted by Crippen LogP contribution is -2.28. The van der Waals surface area contributed by atoms with E-state index in [1.165, 1.54) is 42.5 Å². The van der Waals surface area contributed by atoms with Gasteiger partial charge in [-0.05, 0) is 56.4 Å². The van der Waals surface area contributed by atoms with Crippen molar-refractivity contribution in [3.63, 3.8) is 0 Å². The van der Waals surface area contributed by atoms with Gasteiger partial charge in [0.25, 0.3) is 0 Å². The van der Waals surface area contributed by atoms with Gasteiger partial charge in [-0.3, -0.25) is 0 Å². The van der Waals surface area contributed by atoms with Crippen LogP contribution in [0, 0.1) is 6.92 Å². The molecule has 1 aromatic carbocycles. The molecule has 2 heteroatoms. The molecular formula is C17H28N2. The molecule has 0 radical (unpaired) electrons. The SMILES string of the molecule is CCCC(C)N(C)c1ccc(CNC2CC2)c(C)c1. The monoisotopic (exact) mass is 260 g/mol. The Bertz CT molecular complexity index is 410. The van der Waals surface area contributed by atoms with E-state index in [-0.39, 0.29) is 0 Å². The highest BCUT2D eigenvalue weighted by molar-refractivity contribution is 5.51. The highest BCUT2D eigenvalue weighted by Crippen LogP contribution is 2.23. The standard InChI is InChI=1S/C17H28N2/c1-5-6-14(3)19(4)17-10-7-15(13(2)11-17)12-18-16-8-9-16/h7,10-11,14,16,18H,5-6,8-9,12H2,1-4H3. The second-order valence-electron chi connectivity index (χ2n) is 6.01. The van der Waals surface area contributed by atoms with Crippen LogP contribution in [0.5, 0.6) is 0 Å². The minimum atomic E-state index is 0.611. The number of rotatable bonds is 7. The van der Waals surface area contributed by atoms with E-state index in [0.717, 1.165) is 12.6 Å². The zero-order valence-electron chi connectivity index (χ0n) is 12.9. The third kappa shape index (κ3) is 3.97. The molecule has 1 saturated carbocycles. The van der Waals surface area contributed by atoms with E-state index in [1.54, 1.807) is 0 Å². The topological polar surface area (TPSA) is 15.3 Å². The lowest BCUT2D eigenvalue weighted by Gasteiger charge is -2.27. The minimum Gasteiger partial charge on any atom is -0.372 e. The summed E-state index contributed by atoms with van der Waals surface area (Å²) in [7, 11) is 2.21. The van der Waals surface area contributed by atoms with Gasteiger partial charge in [0.1, 0.15) is 0 Å². The maximum Gasteiger partial charge on any atom is 0.0368 e. The molecule has 0 saturated heterocycles. The van der Waals surface area contributed by atoms with Gasteiger partial charge in [0.05, 0.1) is 0 Å². The summed E-state index contributed by atoms with van der Waals surface area (Å²) < 4.78 is 0. The van der Waals surface area contributed by atoms with Gasteiger partial charge in [-0.15, -0.1) is 0 Å². The van der Waals surface area contributed by atoms with Gasteiger partial charge in [-0.2, -0.15) is 0 Å². The Balaban J connectivity index is 1.99. The molecular weight excluding hydrogens is 232 g/mol. The molecule has 0 aromatic heterocycles. The first-order chi connectivity index (χ1) is 9.11. The number of aryl methyl sites for hydroxylation is 1. The number of anilines is 1. The second-order valence-corrected chi connectivity index (χ2v) is 6.01. The smallest absolute Gasteiger partial charge is 0.0368 e. The van der Waals surface area contributed by atoms with E-state index in [0.29, 0.717) is 6.04 Å². The number of hydrogen-bond donors (Lipinski definition) is 1. The fraction of sp³-hybridized carbons (Fsp3) is 0.647. The molecule has 2 nitrogen and oxygen atoms in total. The van der Waals surface area contributed by atoms with Gasteiger partial charge in [0, 0.05) is 31.4 Å². The van der Waals surface area contributed by atoms with Gasteiger partial charge in [0.15, 0.2) is 0 Å². The molecule has 1 fully saturated rings.